The maximum atomic E-state index is 12.9. The Bertz CT molecular complexity index is 392. The lowest BCUT2D eigenvalue weighted by Gasteiger charge is -2.60. The second kappa shape index (κ2) is 4.90. The third kappa shape index (κ3) is 2.38. The van der Waals surface area contributed by atoms with Crippen molar-refractivity contribution < 1.29 is 4.79 Å². The monoisotopic (exact) mass is 297 g/mol. The Balaban J connectivity index is 1.77. The zero-order valence-electron chi connectivity index (χ0n) is 13.0. The standard InChI is InChI=1S/C17H28ClNO/c1-11(2)14(9-18)19-15(20)17-7-12-4-13(8-17)6-16(3,5-12)10-17/h11-14H,4-10H2,1-3H3,(H,19,20). The molecule has 4 rings (SSSR count). The van der Waals surface area contributed by atoms with Crippen LogP contribution in [0.3, 0.4) is 0 Å². The maximum Gasteiger partial charge on any atom is 0.226 e. The van der Waals surface area contributed by atoms with E-state index in [1.807, 2.05) is 0 Å². The molecular formula is C17H28ClNO. The summed E-state index contributed by atoms with van der Waals surface area (Å²) in [7, 11) is 0. The molecular weight excluding hydrogens is 270 g/mol. The van der Waals surface area contributed by atoms with E-state index in [0.717, 1.165) is 31.1 Å². The summed E-state index contributed by atoms with van der Waals surface area (Å²) in [6.45, 7) is 6.68. The van der Waals surface area contributed by atoms with Crippen molar-refractivity contribution in [3.8, 4) is 0 Å². The average molecular weight is 298 g/mol. The summed E-state index contributed by atoms with van der Waals surface area (Å²) in [5.74, 6) is 2.81. The Labute approximate surface area is 128 Å². The highest BCUT2D eigenvalue weighted by Crippen LogP contribution is 2.65. The van der Waals surface area contributed by atoms with E-state index >= 15 is 0 Å². The molecule has 0 aliphatic heterocycles. The second-order valence-corrected chi connectivity index (χ2v) is 8.84. The van der Waals surface area contributed by atoms with Crippen LogP contribution in [0.15, 0.2) is 0 Å². The molecule has 0 spiro atoms. The molecule has 0 saturated heterocycles. The van der Waals surface area contributed by atoms with E-state index < -0.39 is 0 Å². The number of carbonyl (C=O) groups excluding carboxylic acids is 1. The minimum atomic E-state index is -0.0714. The lowest BCUT2D eigenvalue weighted by atomic mass is 9.44. The largest absolute Gasteiger partial charge is 0.351 e. The van der Waals surface area contributed by atoms with Crippen LogP contribution < -0.4 is 5.32 Å². The molecule has 4 aliphatic carbocycles. The first kappa shape index (κ1) is 14.7. The van der Waals surface area contributed by atoms with Crippen LogP contribution in [0.5, 0.6) is 0 Å². The minimum Gasteiger partial charge on any atom is -0.351 e. The van der Waals surface area contributed by atoms with Crippen LogP contribution in [0.4, 0.5) is 0 Å². The van der Waals surface area contributed by atoms with Crippen molar-refractivity contribution in [3.63, 3.8) is 0 Å². The van der Waals surface area contributed by atoms with Gasteiger partial charge in [-0.25, -0.2) is 0 Å². The van der Waals surface area contributed by atoms with Crippen LogP contribution in [0.25, 0.3) is 0 Å². The molecule has 4 aliphatic rings. The van der Waals surface area contributed by atoms with Gasteiger partial charge in [-0.2, -0.15) is 0 Å². The molecule has 4 saturated carbocycles. The molecule has 2 nitrogen and oxygen atoms in total. The van der Waals surface area contributed by atoms with Crippen LogP contribution in [-0.4, -0.2) is 17.8 Å². The Morgan fingerprint density at radius 2 is 1.85 bits per heavy atom. The molecule has 1 N–H and O–H groups in total. The quantitative estimate of drug-likeness (QED) is 0.782. The first-order valence-electron chi connectivity index (χ1n) is 8.23. The van der Waals surface area contributed by atoms with Crippen molar-refractivity contribution in [2.45, 2.75) is 65.3 Å². The Kier molecular flexibility index (Phi) is 3.60. The number of hydrogen-bond donors (Lipinski definition) is 1. The van der Waals surface area contributed by atoms with Gasteiger partial charge in [-0.3, -0.25) is 4.79 Å². The predicted molar refractivity (Wildman–Crippen MR) is 82.7 cm³/mol. The smallest absolute Gasteiger partial charge is 0.226 e. The molecule has 20 heavy (non-hydrogen) atoms. The van der Waals surface area contributed by atoms with Crippen LogP contribution >= 0.6 is 11.6 Å². The molecule has 1 amide bonds. The van der Waals surface area contributed by atoms with E-state index in [4.69, 9.17) is 11.6 Å². The first-order valence-corrected chi connectivity index (χ1v) is 8.76. The zero-order chi connectivity index (χ0) is 14.5. The van der Waals surface area contributed by atoms with Crippen molar-refractivity contribution in [1.29, 1.82) is 0 Å². The van der Waals surface area contributed by atoms with Crippen molar-refractivity contribution in [2.75, 3.05) is 5.88 Å². The molecule has 0 aromatic carbocycles. The fourth-order valence-corrected chi connectivity index (χ4v) is 6.12. The van der Waals surface area contributed by atoms with Crippen molar-refractivity contribution in [3.05, 3.63) is 0 Å². The van der Waals surface area contributed by atoms with E-state index in [1.54, 1.807) is 0 Å². The minimum absolute atomic E-state index is 0.0714. The predicted octanol–water partition coefficient (Wildman–Crippen LogP) is 3.97. The molecule has 0 radical (unpaired) electrons. The number of halogens is 1. The van der Waals surface area contributed by atoms with Gasteiger partial charge in [0, 0.05) is 11.9 Å². The highest BCUT2D eigenvalue weighted by molar-refractivity contribution is 6.18. The van der Waals surface area contributed by atoms with Gasteiger partial charge >= 0.3 is 0 Å². The molecule has 3 atom stereocenters. The molecule has 4 fully saturated rings. The highest BCUT2D eigenvalue weighted by atomic mass is 35.5. The SMILES string of the molecule is CC(C)C(CCl)NC(=O)C12CC3CC(CC(C)(C3)C1)C2. The van der Waals surface area contributed by atoms with Gasteiger partial charge in [-0.15, -0.1) is 11.6 Å². The van der Waals surface area contributed by atoms with Crippen LogP contribution in [-0.2, 0) is 4.79 Å². The number of amides is 1. The van der Waals surface area contributed by atoms with Crippen molar-refractivity contribution >= 4 is 17.5 Å². The number of carbonyl (C=O) groups is 1. The molecule has 4 bridgehead atoms. The number of rotatable bonds is 4. The van der Waals surface area contributed by atoms with Crippen LogP contribution in [0.2, 0.25) is 0 Å². The summed E-state index contributed by atoms with van der Waals surface area (Å²) >= 11 is 6.03. The highest BCUT2D eigenvalue weighted by Gasteiger charge is 2.58. The molecule has 3 unspecified atom stereocenters. The van der Waals surface area contributed by atoms with Crippen molar-refractivity contribution in [1.82, 2.24) is 5.32 Å². The summed E-state index contributed by atoms with van der Waals surface area (Å²) in [4.78, 5) is 12.9. The third-order valence-corrected chi connectivity index (χ3v) is 6.46. The average Bonchev–Trinajstić information content (AvgIpc) is 2.31. The van der Waals surface area contributed by atoms with Crippen LogP contribution in [0, 0.1) is 28.6 Å². The van der Waals surface area contributed by atoms with E-state index in [0.29, 0.717) is 23.1 Å². The normalized spacial score (nSPS) is 43.9. The fourth-order valence-electron chi connectivity index (χ4n) is 5.69. The first-order chi connectivity index (χ1) is 9.36. The van der Waals surface area contributed by atoms with E-state index in [-0.39, 0.29) is 11.5 Å². The lowest BCUT2D eigenvalue weighted by Crippen LogP contribution is -2.58. The maximum absolute atomic E-state index is 12.9. The van der Waals surface area contributed by atoms with Gasteiger partial charge < -0.3 is 5.32 Å². The molecule has 0 aromatic rings. The van der Waals surface area contributed by atoms with Gasteiger partial charge in [-0.05, 0) is 61.7 Å². The van der Waals surface area contributed by atoms with E-state index in [9.17, 15) is 4.79 Å². The molecule has 114 valence electrons. The Morgan fingerprint density at radius 1 is 1.25 bits per heavy atom. The molecule has 3 heteroatoms. The van der Waals surface area contributed by atoms with E-state index in [1.165, 1.54) is 19.3 Å². The Hall–Kier alpha value is -0.240. The van der Waals surface area contributed by atoms with Crippen molar-refractivity contribution in [2.24, 2.45) is 28.6 Å². The van der Waals surface area contributed by atoms with Gasteiger partial charge in [0.05, 0.1) is 5.41 Å². The van der Waals surface area contributed by atoms with Gasteiger partial charge in [0.15, 0.2) is 0 Å². The molecule has 0 aromatic heterocycles. The number of hydrogen-bond acceptors (Lipinski definition) is 1. The summed E-state index contributed by atoms with van der Waals surface area (Å²) < 4.78 is 0. The number of alkyl halides is 1. The fraction of sp³-hybridized carbons (Fsp3) is 0.941. The number of nitrogens with one attached hydrogen (secondary N) is 1. The Morgan fingerprint density at radius 3 is 2.30 bits per heavy atom. The van der Waals surface area contributed by atoms with E-state index in [2.05, 4.69) is 26.1 Å². The lowest BCUT2D eigenvalue weighted by molar-refractivity contribution is -0.156. The van der Waals surface area contributed by atoms with Gasteiger partial charge in [0.1, 0.15) is 0 Å². The zero-order valence-corrected chi connectivity index (χ0v) is 13.8. The molecule has 0 heterocycles. The van der Waals surface area contributed by atoms with Gasteiger partial charge in [-0.1, -0.05) is 20.8 Å². The summed E-state index contributed by atoms with van der Waals surface area (Å²) in [5.41, 5.74) is 0.355. The van der Waals surface area contributed by atoms with Gasteiger partial charge in [0.2, 0.25) is 5.91 Å². The third-order valence-electron chi connectivity index (χ3n) is 6.12. The van der Waals surface area contributed by atoms with Crippen LogP contribution in [0.1, 0.15) is 59.3 Å². The topological polar surface area (TPSA) is 29.1 Å². The summed E-state index contributed by atoms with van der Waals surface area (Å²) in [5, 5.41) is 3.27. The second-order valence-electron chi connectivity index (χ2n) is 8.53. The summed E-state index contributed by atoms with van der Waals surface area (Å²) in [6.07, 6.45) is 7.42. The summed E-state index contributed by atoms with van der Waals surface area (Å²) in [6, 6.07) is 0.116. The van der Waals surface area contributed by atoms with Gasteiger partial charge in [0.25, 0.3) is 0 Å².